The van der Waals surface area contributed by atoms with Gasteiger partial charge in [-0.3, -0.25) is 14.5 Å². The zero-order valence-corrected chi connectivity index (χ0v) is 9.45. The van der Waals surface area contributed by atoms with Crippen molar-refractivity contribution in [1.29, 1.82) is 0 Å². The highest BCUT2D eigenvalue weighted by Gasteiger charge is 2.46. The fraction of sp³-hybridized carbons (Fsp3) is 0.818. The van der Waals surface area contributed by atoms with Gasteiger partial charge in [0.25, 0.3) is 0 Å². The Hall–Kier alpha value is -0.900. The zero-order valence-electron chi connectivity index (χ0n) is 9.45. The normalized spacial score (nSPS) is 26.5. The Morgan fingerprint density at radius 2 is 2.07 bits per heavy atom. The van der Waals surface area contributed by atoms with Crippen molar-refractivity contribution in [2.45, 2.75) is 39.5 Å². The molecule has 2 amide bonds. The van der Waals surface area contributed by atoms with Crippen LogP contribution in [-0.4, -0.2) is 35.0 Å². The van der Waals surface area contributed by atoms with Crippen LogP contribution in [0.1, 0.15) is 39.5 Å². The van der Waals surface area contributed by atoms with Gasteiger partial charge < -0.3 is 5.11 Å². The third-order valence-electron chi connectivity index (χ3n) is 3.17. The second-order valence-corrected chi connectivity index (χ2v) is 4.37. The molecule has 0 aliphatic carbocycles. The summed E-state index contributed by atoms with van der Waals surface area (Å²) < 4.78 is 0. The number of carbonyl (C=O) groups is 2. The van der Waals surface area contributed by atoms with Crippen molar-refractivity contribution in [2.24, 2.45) is 5.41 Å². The average Bonchev–Trinajstić information content (AvgIpc) is 2.42. The van der Waals surface area contributed by atoms with E-state index in [4.69, 9.17) is 5.11 Å². The van der Waals surface area contributed by atoms with Gasteiger partial charge in [-0.15, -0.1) is 0 Å². The van der Waals surface area contributed by atoms with Crippen LogP contribution in [0, 0.1) is 5.41 Å². The number of hydrogen-bond donors (Lipinski definition) is 1. The van der Waals surface area contributed by atoms with Gasteiger partial charge in [0, 0.05) is 19.6 Å². The molecular formula is C11H19NO3. The van der Waals surface area contributed by atoms with E-state index in [1.165, 1.54) is 4.90 Å². The maximum atomic E-state index is 11.9. The van der Waals surface area contributed by atoms with Crippen LogP contribution in [0.3, 0.4) is 0 Å². The van der Waals surface area contributed by atoms with E-state index in [1.807, 2.05) is 13.8 Å². The minimum absolute atomic E-state index is 0.0482. The lowest BCUT2D eigenvalue weighted by atomic mass is 9.86. The van der Waals surface area contributed by atoms with E-state index in [0.717, 1.165) is 0 Å². The lowest BCUT2D eigenvalue weighted by Crippen LogP contribution is -2.34. The number of likely N-dealkylation sites (tertiary alicyclic amines) is 1. The molecule has 0 aromatic heterocycles. The van der Waals surface area contributed by atoms with E-state index in [1.54, 1.807) is 0 Å². The van der Waals surface area contributed by atoms with Crippen LogP contribution < -0.4 is 0 Å². The molecule has 86 valence electrons. The summed E-state index contributed by atoms with van der Waals surface area (Å²) in [4.78, 5) is 24.8. The molecule has 4 heteroatoms. The van der Waals surface area contributed by atoms with Crippen molar-refractivity contribution < 1.29 is 14.7 Å². The quantitative estimate of drug-likeness (QED) is 0.546. The average molecular weight is 213 g/mol. The van der Waals surface area contributed by atoms with Crippen molar-refractivity contribution in [3.63, 3.8) is 0 Å². The number of hydrogen-bond acceptors (Lipinski definition) is 3. The molecule has 0 aromatic rings. The number of aliphatic hydroxyl groups excluding tert-OH is 1. The van der Waals surface area contributed by atoms with Crippen LogP contribution in [0.15, 0.2) is 0 Å². The monoisotopic (exact) mass is 213 g/mol. The van der Waals surface area contributed by atoms with Crippen LogP contribution in [0.25, 0.3) is 0 Å². The molecule has 1 aliphatic heterocycles. The van der Waals surface area contributed by atoms with Gasteiger partial charge in [-0.1, -0.05) is 13.8 Å². The number of carbonyl (C=O) groups excluding carboxylic acids is 2. The first-order chi connectivity index (χ1) is 7.05. The molecule has 0 radical (unpaired) electrons. The Kier molecular flexibility index (Phi) is 3.85. The first-order valence-electron chi connectivity index (χ1n) is 5.51. The minimum atomic E-state index is -0.490. The van der Waals surface area contributed by atoms with Crippen molar-refractivity contribution in [3.8, 4) is 0 Å². The molecule has 0 spiro atoms. The van der Waals surface area contributed by atoms with Gasteiger partial charge >= 0.3 is 0 Å². The molecule has 1 saturated heterocycles. The van der Waals surface area contributed by atoms with Gasteiger partial charge in [0.2, 0.25) is 11.8 Å². The summed E-state index contributed by atoms with van der Waals surface area (Å²) in [5, 5.41) is 8.63. The van der Waals surface area contributed by atoms with Crippen LogP contribution in [0.2, 0.25) is 0 Å². The minimum Gasteiger partial charge on any atom is -0.396 e. The second-order valence-electron chi connectivity index (χ2n) is 4.37. The lowest BCUT2D eigenvalue weighted by molar-refractivity contribution is -0.141. The van der Waals surface area contributed by atoms with Crippen LogP contribution in [0.5, 0.6) is 0 Å². The first-order valence-corrected chi connectivity index (χ1v) is 5.51. The molecule has 1 aliphatic rings. The van der Waals surface area contributed by atoms with E-state index in [2.05, 4.69) is 0 Å². The summed E-state index contributed by atoms with van der Waals surface area (Å²) in [7, 11) is 0. The summed E-state index contributed by atoms with van der Waals surface area (Å²) >= 11 is 0. The Bertz CT molecular complexity index is 265. The van der Waals surface area contributed by atoms with Crippen LogP contribution >= 0.6 is 0 Å². The van der Waals surface area contributed by atoms with E-state index < -0.39 is 5.41 Å². The molecule has 15 heavy (non-hydrogen) atoms. The van der Waals surface area contributed by atoms with E-state index in [-0.39, 0.29) is 18.4 Å². The highest BCUT2D eigenvalue weighted by atomic mass is 16.3. The number of amides is 2. The van der Waals surface area contributed by atoms with Crippen molar-refractivity contribution in [2.75, 3.05) is 13.2 Å². The SMILES string of the molecule is CCC1(C)CC(=O)N(CCCCO)C1=O. The second kappa shape index (κ2) is 4.75. The van der Waals surface area contributed by atoms with E-state index in [9.17, 15) is 9.59 Å². The Labute approximate surface area is 90.3 Å². The number of imide groups is 1. The fourth-order valence-electron chi connectivity index (χ4n) is 1.83. The summed E-state index contributed by atoms with van der Waals surface area (Å²) in [6.45, 7) is 4.34. The molecule has 1 unspecified atom stereocenters. The van der Waals surface area contributed by atoms with Gasteiger partial charge in [-0.05, 0) is 19.3 Å². The van der Waals surface area contributed by atoms with Gasteiger partial charge in [-0.25, -0.2) is 0 Å². The number of nitrogens with zero attached hydrogens (tertiary/aromatic N) is 1. The first kappa shape index (κ1) is 12.2. The number of aliphatic hydroxyl groups is 1. The molecule has 1 fully saturated rings. The number of unbranched alkanes of at least 4 members (excludes halogenated alkanes) is 1. The molecular weight excluding hydrogens is 194 g/mol. The number of rotatable bonds is 5. The van der Waals surface area contributed by atoms with Gasteiger partial charge in [0.1, 0.15) is 0 Å². The summed E-state index contributed by atoms with van der Waals surface area (Å²) in [6.07, 6.45) is 2.36. The smallest absolute Gasteiger partial charge is 0.235 e. The molecule has 4 nitrogen and oxygen atoms in total. The standard InChI is InChI=1S/C11H19NO3/c1-3-11(2)8-9(14)12(10(11)15)6-4-5-7-13/h13H,3-8H2,1-2H3. The van der Waals surface area contributed by atoms with Gasteiger partial charge in [0.15, 0.2) is 0 Å². The van der Waals surface area contributed by atoms with E-state index in [0.29, 0.717) is 32.2 Å². The van der Waals surface area contributed by atoms with Crippen LogP contribution in [-0.2, 0) is 9.59 Å². The maximum absolute atomic E-state index is 11.9. The molecule has 1 heterocycles. The highest BCUT2D eigenvalue weighted by molar-refractivity contribution is 6.05. The van der Waals surface area contributed by atoms with Crippen molar-refractivity contribution in [3.05, 3.63) is 0 Å². The predicted molar refractivity (Wildman–Crippen MR) is 56.1 cm³/mol. The molecule has 1 atom stereocenters. The third-order valence-corrected chi connectivity index (χ3v) is 3.17. The Balaban J connectivity index is 2.59. The lowest BCUT2D eigenvalue weighted by Gasteiger charge is -2.20. The molecule has 1 rings (SSSR count). The Morgan fingerprint density at radius 1 is 1.40 bits per heavy atom. The maximum Gasteiger partial charge on any atom is 0.235 e. The van der Waals surface area contributed by atoms with Gasteiger partial charge in [-0.2, -0.15) is 0 Å². The topological polar surface area (TPSA) is 57.6 Å². The van der Waals surface area contributed by atoms with Crippen LogP contribution in [0.4, 0.5) is 0 Å². The summed E-state index contributed by atoms with van der Waals surface area (Å²) in [6, 6.07) is 0. The predicted octanol–water partition coefficient (Wildman–Crippen LogP) is 0.934. The summed E-state index contributed by atoms with van der Waals surface area (Å²) in [5.74, 6) is -0.116. The van der Waals surface area contributed by atoms with Crippen molar-refractivity contribution >= 4 is 11.8 Å². The van der Waals surface area contributed by atoms with Crippen molar-refractivity contribution in [1.82, 2.24) is 4.90 Å². The molecule has 1 N–H and O–H groups in total. The fourth-order valence-corrected chi connectivity index (χ4v) is 1.83. The molecule has 0 saturated carbocycles. The third kappa shape index (κ3) is 2.37. The largest absolute Gasteiger partial charge is 0.396 e. The van der Waals surface area contributed by atoms with E-state index >= 15 is 0 Å². The van der Waals surface area contributed by atoms with Gasteiger partial charge in [0.05, 0.1) is 5.41 Å². The Morgan fingerprint density at radius 3 is 2.53 bits per heavy atom. The zero-order chi connectivity index (χ0) is 11.5. The molecule has 0 bridgehead atoms. The summed E-state index contributed by atoms with van der Waals surface area (Å²) in [5.41, 5.74) is -0.490. The molecule has 0 aromatic carbocycles. The highest BCUT2D eigenvalue weighted by Crippen LogP contribution is 2.35.